The number of rotatable bonds is 4. The molecule has 1 aliphatic heterocycles. The summed E-state index contributed by atoms with van der Waals surface area (Å²) in [6.07, 6.45) is 6.74. The summed E-state index contributed by atoms with van der Waals surface area (Å²) in [4.78, 5) is 28.3. The maximum atomic E-state index is 13.6. The Kier molecular flexibility index (Phi) is 6.26. The molecule has 0 aromatic rings. The van der Waals surface area contributed by atoms with Gasteiger partial charge in [0.1, 0.15) is 17.2 Å². The Balaban J connectivity index is 1.50. The van der Waals surface area contributed by atoms with E-state index in [2.05, 4.69) is 33.9 Å². The molecule has 1 saturated heterocycles. The lowest BCUT2D eigenvalue weighted by Gasteiger charge is -2.55. The van der Waals surface area contributed by atoms with Crippen LogP contribution < -0.4 is 0 Å². The topological polar surface area (TPSA) is 65.1 Å². The van der Waals surface area contributed by atoms with Crippen LogP contribution in [0.4, 0.5) is 4.79 Å². The molecule has 0 radical (unpaired) electrons. The molecule has 6 nitrogen and oxygen atoms in total. The van der Waals surface area contributed by atoms with Crippen molar-refractivity contribution < 1.29 is 23.5 Å². The Labute approximate surface area is 201 Å². The van der Waals surface area contributed by atoms with Crippen LogP contribution in [0, 0.1) is 17.8 Å². The van der Waals surface area contributed by atoms with E-state index in [-0.39, 0.29) is 22.7 Å². The fourth-order valence-corrected chi connectivity index (χ4v) is 8.02. The van der Waals surface area contributed by atoms with Gasteiger partial charge in [-0.05, 0) is 95.2 Å². The third-order valence-corrected chi connectivity index (χ3v) is 13.3. The first-order valence-electron chi connectivity index (χ1n) is 13.0. The van der Waals surface area contributed by atoms with Gasteiger partial charge >= 0.3 is 12.1 Å². The number of hydrogen-bond acceptors (Lipinski definition) is 5. The lowest BCUT2D eigenvalue weighted by atomic mass is 9.54. The summed E-state index contributed by atoms with van der Waals surface area (Å²) in [5, 5.41) is 0.0571. The SMILES string of the molecule is CC(C)(C)OC(=O)N1C[C@H](O[Si](C)(C)C(C)(C)C)C[C@H]1C(=O)OC12CC3CC(CC(C3)C1)C2. The minimum absolute atomic E-state index is 0.0571. The molecule has 2 atom stereocenters. The van der Waals surface area contributed by atoms with Crippen LogP contribution in [0.2, 0.25) is 18.1 Å². The van der Waals surface area contributed by atoms with Gasteiger partial charge < -0.3 is 13.9 Å². The number of nitrogens with zero attached hydrogens (tertiary/aromatic N) is 1. The summed E-state index contributed by atoms with van der Waals surface area (Å²) in [6, 6.07) is -0.636. The van der Waals surface area contributed by atoms with Crippen molar-refractivity contribution in [3.8, 4) is 0 Å². The van der Waals surface area contributed by atoms with E-state index < -0.39 is 26.1 Å². The lowest BCUT2D eigenvalue weighted by molar-refractivity contribution is -0.190. The highest BCUT2D eigenvalue weighted by molar-refractivity contribution is 6.74. The zero-order chi connectivity index (χ0) is 24.4. The van der Waals surface area contributed by atoms with Gasteiger partial charge in [0.25, 0.3) is 0 Å². The third kappa shape index (κ3) is 5.29. The molecule has 7 heteroatoms. The maximum absolute atomic E-state index is 13.6. The van der Waals surface area contributed by atoms with E-state index >= 15 is 0 Å². The second kappa shape index (κ2) is 8.25. The summed E-state index contributed by atoms with van der Waals surface area (Å²) in [7, 11) is -2.04. The van der Waals surface area contributed by atoms with Gasteiger partial charge in [-0.2, -0.15) is 0 Å². The van der Waals surface area contributed by atoms with Crippen LogP contribution >= 0.6 is 0 Å². The van der Waals surface area contributed by atoms with Gasteiger partial charge in [0.05, 0.1) is 6.10 Å². The van der Waals surface area contributed by atoms with Gasteiger partial charge in [0.2, 0.25) is 0 Å². The normalized spacial score (nSPS) is 36.2. The highest BCUT2D eigenvalue weighted by Gasteiger charge is 2.55. The molecule has 0 spiro atoms. The molecule has 1 amide bonds. The summed E-state index contributed by atoms with van der Waals surface area (Å²) in [5.41, 5.74) is -0.937. The Morgan fingerprint density at radius 3 is 1.85 bits per heavy atom. The maximum Gasteiger partial charge on any atom is 0.411 e. The summed E-state index contributed by atoms with van der Waals surface area (Å²) < 4.78 is 18.7. The third-order valence-electron chi connectivity index (χ3n) is 8.73. The molecule has 0 aromatic carbocycles. The van der Waals surface area contributed by atoms with Gasteiger partial charge in [-0.1, -0.05) is 20.8 Å². The van der Waals surface area contributed by atoms with Crippen molar-refractivity contribution in [2.75, 3.05) is 6.54 Å². The quantitative estimate of drug-likeness (QED) is 0.371. The Bertz CT molecular complexity index is 745. The number of ether oxygens (including phenoxy) is 2. The second-order valence-corrected chi connectivity index (χ2v) is 18.7. The van der Waals surface area contributed by atoms with Gasteiger partial charge in [0.15, 0.2) is 8.32 Å². The monoisotopic (exact) mass is 479 g/mol. The van der Waals surface area contributed by atoms with Crippen LogP contribution in [0.15, 0.2) is 0 Å². The molecule has 4 saturated carbocycles. The number of esters is 1. The van der Waals surface area contributed by atoms with E-state index in [1.165, 1.54) is 19.3 Å². The van der Waals surface area contributed by atoms with Gasteiger partial charge in [-0.15, -0.1) is 0 Å². The Morgan fingerprint density at radius 1 is 0.879 bits per heavy atom. The van der Waals surface area contributed by atoms with Crippen LogP contribution in [-0.2, 0) is 18.7 Å². The zero-order valence-corrected chi connectivity index (χ0v) is 23.0. The molecular formula is C26H45NO5Si. The molecule has 0 aromatic heterocycles. The van der Waals surface area contributed by atoms with Crippen LogP contribution in [-0.4, -0.2) is 55.2 Å². The summed E-state index contributed by atoms with van der Waals surface area (Å²) in [6.45, 7) is 17.0. The van der Waals surface area contributed by atoms with Crippen LogP contribution in [0.25, 0.3) is 0 Å². The molecule has 1 heterocycles. The second-order valence-electron chi connectivity index (χ2n) is 13.9. The standard InChI is InChI=1S/C26H45NO5Si/c1-24(2,3)31-23(29)27-16-20(32-33(7,8)25(4,5)6)12-21(27)22(28)30-26-13-17-9-18(14-26)11-19(10-17)15-26/h17-21H,9-16H2,1-8H3/t17?,18?,19?,20-,21+,26?/m1/s1. The van der Waals surface area contributed by atoms with Crippen molar-refractivity contribution in [2.24, 2.45) is 17.8 Å². The van der Waals surface area contributed by atoms with Crippen LogP contribution in [0.3, 0.4) is 0 Å². The van der Waals surface area contributed by atoms with Gasteiger partial charge in [0, 0.05) is 13.0 Å². The van der Waals surface area contributed by atoms with Crippen molar-refractivity contribution in [1.82, 2.24) is 4.90 Å². The molecule has 33 heavy (non-hydrogen) atoms. The van der Waals surface area contributed by atoms with Crippen molar-refractivity contribution in [3.05, 3.63) is 0 Å². The molecule has 0 unspecified atom stereocenters. The Morgan fingerprint density at radius 2 is 1.39 bits per heavy atom. The van der Waals surface area contributed by atoms with E-state index in [0.29, 0.717) is 30.7 Å². The van der Waals surface area contributed by atoms with Gasteiger partial charge in [-0.25, -0.2) is 9.59 Å². The zero-order valence-electron chi connectivity index (χ0n) is 22.0. The molecule has 5 rings (SSSR count). The predicted octanol–water partition coefficient (Wildman–Crippen LogP) is 5.90. The Hall–Kier alpha value is -1.08. The number of hydrogen-bond donors (Lipinski definition) is 0. The largest absolute Gasteiger partial charge is 0.458 e. The summed E-state index contributed by atoms with van der Waals surface area (Å²) in [5.74, 6) is 1.84. The minimum Gasteiger partial charge on any atom is -0.458 e. The van der Waals surface area contributed by atoms with Crippen molar-refractivity contribution >= 4 is 20.4 Å². The van der Waals surface area contributed by atoms with E-state index in [1.54, 1.807) is 4.90 Å². The molecule has 5 fully saturated rings. The molecule has 0 N–H and O–H groups in total. The van der Waals surface area contributed by atoms with Gasteiger partial charge in [-0.3, -0.25) is 4.90 Å². The van der Waals surface area contributed by atoms with E-state index in [0.717, 1.165) is 19.3 Å². The van der Waals surface area contributed by atoms with Crippen molar-refractivity contribution in [1.29, 1.82) is 0 Å². The first kappa shape index (κ1) is 25.0. The number of carbonyl (C=O) groups is 2. The predicted molar refractivity (Wildman–Crippen MR) is 130 cm³/mol. The number of likely N-dealkylation sites (tertiary alicyclic amines) is 1. The lowest BCUT2D eigenvalue weighted by Crippen LogP contribution is -2.54. The molecular weight excluding hydrogens is 434 g/mol. The van der Waals surface area contributed by atoms with Crippen molar-refractivity contribution in [2.45, 2.75) is 128 Å². The summed E-state index contributed by atoms with van der Waals surface area (Å²) >= 11 is 0. The van der Waals surface area contributed by atoms with E-state index in [9.17, 15) is 9.59 Å². The van der Waals surface area contributed by atoms with E-state index in [4.69, 9.17) is 13.9 Å². The fraction of sp³-hybridized carbons (Fsp3) is 0.923. The molecule has 4 aliphatic carbocycles. The highest BCUT2D eigenvalue weighted by atomic mass is 28.4. The molecule has 5 aliphatic rings. The van der Waals surface area contributed by atoms with Crippen molar-refractivity contribution in [3.63, 3.8) is 0 Å². The first-order chi connectivity index (χ1) is 15.1. The fourth-order valence-electron chi connectivity index (χ4n) is 6.66. The van der Waals surface area contributed by atoms with Crippen LogP contribution in [0.1, 0.15) is 86.5 Å². The molecule has 4 bridgehead atoms. The average molecular weight is 480 g/mol. The number of carbonyl (C=O) groups excluding carboxylic acids is 2. The highest BCUT2D eigenvalue weighted by Crippen LogP contribution is 2.57. The van der Waals surface area contributed by atoms with E-state index in [1.807, 2.05) is 20.8 Å². The first-order valence-corrected chi connectivity index (χ1v) is 15.9. The average Bonchev–Trinajstić information content (AvgIpc) is 3.01. The number of amides is 1. The van der Waals surface area contributed by atoms with Crippen LogP contribution in [0.5, 0.6) is 0 Å². The smallest absolute Gasteiger partial charge is 0.411 e. The minimum atomic E-state index is -2.04. The molecule has 188 valence electrons.